The van der Waals surface area contributed by atoms with Gasteiger partial charge in [-0.05, 0) is 44.2 Å². The molecule has 6 nitrogen and oxygen atoms in total. The normalized spacial score (nSPS) is 21.4. The van der Waals surface area contributed by atoms with Crippen LogP contribution in [0.15, 0.2) is 48.5 Å². The van der Waals surface area contributed by atoms with Crippen LogP contribution in [0.3, 0.4) is 0 Å². The standard InChI is InChI=1S/C24H25F2N3O3/c1-15(17-8-9-17)28(13-16-6-4-3-5-7-16)21(30)14-29-22(31)24(2,27-23(29)32)19-11-10-18(25)12-20(19)26/h3-7,10-12,15,17H,8-9,13-14H2,1-2H3,(H,27,32). The van der Waals surface area contributed by atoms with Gasteiger partial charge < -0.3 is 10.2 Å². The summed E-state index contributed by atoms with van der Waals surface area (Å²) in [5.74, 6) is -2.45. The molecular formula is C24H25F2N3O3. The summed E-state index contributed by atoms with van der Waals surface area (Å²) in [7, 11) is 0. The minimum absolute atomic E-state index is 0.0376. The van der Waals surface area contributed by atoms with Gasteiger partial charge >= 0.3 is 6.03 Å². The molecule has 1 N–H and O–H groups in total. The van der Waals surface area contributed by atoms with Gasteiger partial charge in [-0.15, -0.1) is 0 Å². The first kappa shape index (κ1) is 21.9. The molecule has 4 amide bonds. The number of carbonyl (C=O) groups excluding carboxylic acids is 3. The van der Waals surface area contributed by atoms with Gasteiger partial charge in [-0.1, -0.05) is 36.4 Å². The zero-order chi connectivity index (χ0) is 23.0. The SMILES string of the molecule is CC(C1CC1)N(Cc1ccccc1)C(=O)CN1C(=O)NC(C)(c2ccc(F)cc2F)C1=O. The van der Waals surface area contributed by atoms with Gasteiger partial charge in [0.15, 0.2) is 0 Å². The van der Waals surface area contributed by atoms with Crippen molar-refractivity contribution in [2.45, 2.75) is 44.8 Å². The Bertz CT molecular complexity index is 1060. The molecule has 2 aromatic rings. The van der Waals surface area contributed by atoms with E-state index in [0.29, 0.717) is 18.5 Å². The third kappa shape index (κ3) is 4.09. The number of nitrogens with zero attached hydrogens (tertiary/aromatic N) is 2. The Balaban J connectivity index is 1.55. The topological polar surface area (TPSA) is 69.7 Å². The molecule has 2 aromatic carbocycles. The van der Waals surface area contributed by atoms with E-state index >= 15 is 0 Å². The van der Waals surface area contributed by atoms with E-state index in [-0.39, 0.29) is 17.5 Å². The van der Waals surface area contributed by atoms with Crippen LogP contribution in [0.25, 0.3) is 0 Å². The maximum absolute atomic E-state index is 14.4. The lowest BCUT2D eigenvalue weighted by atomic mass is 9.91. The highest BCUT2D eigenvalue weighted by atomic mass is 19.1. The molecule has 1 aliphatic heterocycles. The summed E-state index contributed by atoms with van der Waals surface area (Å²) in [6.45, 7) is 3.24. The number of benzene rings is 2. The van der Waals surface area contributed by atoms with Crippen molar-refractivity contribution in [3.8, 4) is 0 Å². The molecule has 8 heteroatoms. The highest BCUT2D eigenvalue weighted by molar-refractivity contribution is 6.09. The molecule has 4 rings (SSSR count). The number of amides is 4. The number of imide groups is 1. The Morgan fingerprint density at radius 1 is 1.19 bits per heavy atom. The zero-order valence-electron chi connectivity index (χ0n) is 18.0. The molecule has 2 unspecified atom stereocenters. The molecule has 0 aromatic heterocycles. The van der Waals surface area contributed by atoms with Crippen LogP contribution in [0.1, 0.15) is 37.8 Å². The molecule has 0 radical (unpaired) electrons. The summed E-state index contributed by atoms with van der Waals surface area (Å²) in [4.78, 5) is 41.5. The fraction of sp³-hybridized carbons (Fsp3) is 0.375. The molecule has 32 heavy (non-hydrogen) atoms. The summed E-state index contributed by atoms with van der Waals surface area (Å²) < 4.78 is 27.7. The number of halogens is 2. The largest absolute Gasteiger partial charge is 0.334 e. The molecule has 1 saturated carbocycles. The maximum atomic E-state index is 14.4. The Morgan fingerprint density at radius 2 is 1.88 bits per heavy atom. The van der Waals surface area contributed by atoms with E-state index in [0.717, 1.165) is 35.4 Å². The highest BCUT2D eigenvalue weighted by Gasteiger charge is 2.51. The number of hydrogen-bond donors (Lipinski definition) is 1. The second-order valence-corrected chi connectivity index (χ2v) is 8.66. The minimum atomic E-state index is -1.72. The highest BCUT2D eigenvalue weighted by Crippen LogP contribution is 2.36. The lowest BCUT2D eigenvalue weighted by Gasteiger charge is -2.31. The van der Waals surface area contributed by atoms with Crippen LogP contribution in [0.5, 0.6) is 0 Å². The quantitative estimate of drug-likeness (QED) is 0.668. The summed E-state index contributed by atoms with van der Waals surface area (Å²) in [5, 5.41) is 2.47. The smallest absolute Gasteiger partial charge is 0.325 e. The molecule has 2 atom stereocenters. The molecule has 1 heterocycles. The van der Waals surface area contributed by atoms with Gasteiger partial charge in [-0.2, -0.15) is 0 Å². The lowest BCUT2D eigenvalue weighted by Crippen LogP contribution is -2.47. The molecule has 0 bridgehead atoms. The van der Waals surface area contributed by atoms with Crippen LogP contribution < -0.4 is 5.32 Å². The van der Waals surface area contributed by atoms with Crippen molar-refractivity contribution in [2.75, 3.05) is 6.54 Å². The third-order valence-corrected chi connectivity index (χ3v) is 6.35. The van der Waals surface area contributed by atoms with Gasteiger partial charge in [-0.3, -0.25) is 14.5 Å². The van der Waals surface area contributed by atoms with Crippen molar-refractivity contribution >= 4 is 17.8 Å². The van der Waals surface area contributed by atoms with Gasteiger partial charge in [0.05, 0.1) is 0 Å². The van der Waals surface area contributed by atoms with Gasteiger partial charge in [0, 0.05) is 24.2 Å². The minimum Gasteiger partial charge on any atom is -0.334 e. The van der Waals surface area contributed by atoms with E-state index in [2.05, 4.69) is 5.32 Å². The first-order valence-corrected chi connectivity index (χ1v) is 10.6. The molecular weight excluding hydrogens is 416 g/mol. The summed E-state index contributed by atoms with van der Waals surface area (Å²) in [5.41, 5.74) is -0.926. The van der Waals surface area contributed by atoms with E-state index in [1.54, 1.807) is 4.90 Å². The van der Waals surface area contributed by atoms with E-state index in [1.165, 1.54) is 6.92 Å². The number of nitrogens with one attached hydrogen (secondary N) is 1. The predicted molar refractivity (Wildman–Crippen MR) is 113 cm³/mol. The van der Waals surface area contributed by atoms with Crippen LogP contribution >= 0.6 is 0 Å². The molecule has 1 aliphatic carbocycles. The third-order valence-electron chi connectivity index (χ3n) is 6.35. The maximum Gasteiger partial charge on any atom is 0.325 e. The average Bonchev–Trinajstić information content (AvgIpc) is 3.57. The van der Waals surface area contributed by atoms with Crippen molar-refractivity contribution in [1.82, 2.24) is 15.1 Å². The van der Waals surface area contributed by atoms with Crippen molar-refractivity contribution in [1.29, 1.82) is 0 Å². The van der Waals surface area contributed by atoms with Crippen LogP contribution in [-0.4, -0.2) is 40.2 Å². The van der Waals surface area contributed by atoms with Crippen LogP contribution in [0.4, 0.5) is 13.6 Å². The van der Waals surface area contributed by atoms with Crippen molar-refractivity contribution < 1.29 is 23.2 Å². The van der Waals surface area contributed by atoms with Gasteiger partial charge in [0.25, 0.3) is 5.91 Å². The number of rotatable bonds is 7. The Labute approximate surface area is 185 Å². The molecule has 2 aliphatic rings. The Hall–Kier alpha value is -3.29. The Kier molecular flexibility index (Phi) is 5.71. The monoisotopic (exact) mass is 441 g/mol. The van der Waals surface area contributed by atoms with E-state index < -0.39 is 35.7 Å². The zero-order valence-corrected chi connectivity index (χ0v) is 18.0. The van der Waals surface area contributed by atoms with Crippen LogP contribution in [-0.2, 0) is 21.7 Å². The predicted octanol–water partition coefficient (Wildman–Crippen LogP) is 3.56. The van der Waals surface area contributed by atoms with E-state index in [1.807, 2.05) is 37.3 Å². The van der Waals surface area contributed by atoms with Crippen molar-refractivity contribution in [3.05, 3.63) is 71.3 Å². The molecule has 0 spiro atoms. The van der Waals surface area contributed by atoms with Gasteiger partial charge in [0.1, 0.15) is 23.7 Å². The molecule has 1 saturated heterocycles. The van der Waals surface area contributed by atoms with Crippen LogP contribution in [0, 0.1) is 17.6 Å². The number of hydrogen-bond acceptors (Lipinski definition) is 3. The first-order valence-electron chi connectivity index (χ1n) is 10.6. The van der Waals surface area contributed by atoms with Crippen molar-refractivity contribution in [2.24, 2.45) is 5.92 Å². The second-order valence-electron chi connectivity index (χ2n) is 8.66. The second kappa shape index (κ2) is 8.33. The Morgan fingerprint density at radius 3 is 2.50 bits per heavy atom. The van der Waals surface area contributed by atoms with Crippen molar-refractivity contribution in [3.63, 3.8) is 0 Å². The summed E-state index contributed by atoms with van der Waals surface area (Å²) in [6.07, 6.45) is 2.07. The number of urea groups is 1. The summed E-state index contributed by atoms with van der Waals surface area (Å²) >= 11 is 0. The fourth-order valence-electron chi connectivity index (χ4n) is 4.22. The molecule has 168 valence electrons. The van der Waals surface area contributed by atoms with Gasteiger partial charge in [-0.25, -0.2) is 13.6 Å². The number of carbonyl (C=O) groups is 3. The first-order chi connectivity index (χ1) is 15.2. The average molecular weight is 441 g/mol. The van der Waals surface area contributed by atoms with Crippen LogP contribution in [0.2, 0.25) is 0 Å². The lowest BCUT2D eigenvalue weighted by molar-refractivity contribution is -0.140. The van der Waals surface area contributed by atoms with E-state index in [4.69, 9.17) is 0 Å². The van der Waals surface area contributed by atoms with E-state index in [9.17, 15) is 23.2 Å². The molecule has 2 fully saturated rings. The van der Waals surface area contributed by atoms with Gasteiger partial charge in [0.2, 0.25) is 5.91 Å². The fourth-order valence-corrected chi connectivity index (χ4v) is 4.22. The summed E-state index contributed by atoms with van der Waals surface area (Å²) in [6, 6.07) is 11.5.